The van der Waals surface area contributed by atoms with Crippen LogP contribution in [0.3, 0.4) is 0 Å². The maximum absolute atomic E-state index is 11.9. The van der Waals surface area contributed by atoms with E-state index in [4.69, 9.17) is 10.00 Å². The van der Waals surface area contributed by atoms with E-state index in [2.05, 4.69) is 15.5 Å². The molecule has 25 heavy (non-hydrogen) atoms. The Morgan fingerprint density at radius 1 is 1.16 bits per heavy atom. The van der Waals surface area contributed by atoms with Gasteiger partial charge in [-0.2, -0.15) is 5.26 Å². The average molecular weight is 333 g/mol. The van der Waals surface area contributed by atoms with Crippen LogP contribution >= 0.6 is 0 Å². The highest BCUT2D eigenvalue weighted by Gasteiger charge is 2.09. The number of para-hydroxylation sites is 1. The van der Waals surface area contributed by atoms with Crippen LogP contribution in [-0.2, 0) is 11.3 Å². The van der Waals surface area contributed by atoms with Gasteiger partial charge in [-0.1, -0.05) is 18.2 Å². The Balaban J connectivity index is 1.53. The number of aromatic nitrogens is 3. The van der Waals surface area contributed by atoms with Gasteiger partial charge in [-0.05, 0) is 36.4 Å². The van der Waals surface area contributed by atoms with Crippen molar-refractivity contribution in [2.45, 2.75) is 6.54 Å². The lowest BCUT2D eigenvalue weighted by atomic mass is 10.2. The molecular formula is C18H15N5O2. The minimum absolute atomic E-state index is 0.120. The normalized spacial score (nSPS) is 10.0. The molecule has 0 fully saturated rings. The molecule has 0 saturated carbocycles. The van der Waals surface area contributed by atoms with Gasteiger partial charge in [0.2, 0.25) is 0 Å². The van der Waals surface area contributed by atoms with Crippen LogP contribution in [0.5, 0.6) is 5.75 Å². The Bertz CT molecular complexity index is 882. The Morgan fingerprint density at radius 3 is 2.64 bits per heavy atom. The smallest absolute Gasteiger partial charge is 0.258 e. The molecule has 124 valence electrons. The van der Waals surface area contributed by atoms with E-state index in [-0.39, 0.29) is 19.1 Å². The number of hydrogen-bond acceptors (Lipinski definition) is 5. The van der Waals surface area contributed by atoms with Crippen molar-refractivity contribution < 1.29 is 9.53 Å². The molecule has 7 heteroatoms. The predicted octanol–water partition coefficient (Wildman–Crippen LogP) is 1.83. The number of nitriles is 1. The summed E-state index contributed by atoms with van der Waals surface area (Å²) in [6.07, 6.45) is 1.60. The third kappa shape index (κ3) is 4.20. The molecule has 0 aliphatic heterocycles. The summed E-state index contributed by atoms with van der Waals surface area (Å²) in [5.41, 5.74) is 1.46. The van der Waals surface area contributed by atoms with Crippen molar-refractivity contribution in [1.82, 2.24) is 20.1 Å². The molecule has 0 atom stereocenters. The fourth-order valence-corrected chi connectivity index (χ4v) is 2.19. The lowest BCUT2D eigenvalue weighted by Crippen LogP contribution is -2.29. The number of carbonyl (C=O) groups is 1. The van der Waals surface area contributed by atoms with Crippen LogP contribution in [0.2, 0.25) is 0 Å². The average Bonchev–Trinajstić information content (AvgIpc) is 3.14. The zero-order chi connectivity index (χ0) is 17.5. The molecule has 1 heterocycles. The van der Waals surface area contributed by atoms with Gasteiger partial charge in [0.1, 0.15) is 12.1 Å². The van der Waals surface area contributed by atoms with E-state index >= 15 is 0 Å². The Labute approximate surface area is 144 Å². The Morgan fingerprint density at radius 2 is 1.92 bits per heavy atom. The van der Waals surface area contributed by atoms with Crippen LogP contribution in [0.25, 0.3) is 5.69 Å². The lowest BCUT2D eigenvalue weighted by molar-refractivity contribution is -0.123. The molecule has 3 rings (SSSR count). The van der Waals surface area contributed by atoms with Crippen LogP contribution < -0.4 is 10.1 Å². The molecule has 0 unspecified atom stereocenters. The highest BCUT2D eigenvalue weighted by atomic mass is 16.5. The van der Waals surface area contributed by atoms with Gasteiger partial charge in [0.15, 0.2) is 12.4 Å². The quantitative estimate of drug-likeness (QED) is 0.743. The van der Waals surface area contributed by atoms with Crippen molar-refractivity contribution >= 4 is 5.91 Å². The molecule has 0 spiro atoms. The summed E-state index contributed by atoms with van der Waals surface area (Å²) in [5, 5.41) is 19.4. The van der Waals surface area contributed by atoms with Gasteiger partial charge in [0.25, 0.3) is 5.91 Å². The first-order valence-electron chi connectivity index (χ1n) is 7.60. The third-order valence-corrected chi connectivity index (χ3v) is 3.45. The Hall–Kier alpha value is -3.66. The fourth-order valence-electron chi connectivity index (χ4n) is 2.19. The largest absolute Gasteiger partial charge is 0.484 e. The second kappa shape index (κ2) is 7.75. The van der Waals surface area contributed by atoms with Gasteiger partial charge in [-0.15, -0.1) is 10.2 Å². The highest BCUT2D eigenvalue weighted by Crippen LogP contribution is 2.11. The molecular weight excluding hydrogens is 318 g/mol. The minimum atomic E-state index is -0.271. The molecule has 0 aliphatic rings. The fraction of sp³-hybridized carbons (Fsp3) is 0.111. The summed E-state index contributed by atoms with van der Waals surface area (Å²) < 4.78 is 7.20. The maximum atomic E-state index is 11.9. The molecule has 1 amide bonds. The second-order valence-corrected chi connectivity index (χ2v) is 5.15. The van der Waals surface area contributed by atoms with Gasteiger partial charge in [-0.3, -0.25) is 9.36 Å². The molecule has 2 aromatic carbocycles. The van der Waals surface area contributed by atoms with E-state index in [1.165, 1.54) is 0 Å². The zero-order valence-electron chi connectivity index (χ0n) is 13.3. The van der Waals surface area contributed by atoms with E-state index in [9.17, 15) is 4.79 Å². The lowest BCUT2D eigenvalue weighted by Gasteiger charge is -2.09. The van der Waals surface area contributed by atoms with Crippen molar-refractivity contribution in [2.75, 3.05) is 6.61 Å². The van der Waals surface area contributed by atoms with Crippen LogP contribution in [-0.4, -0.2) is 27.3 Å². The first kappa shape index (κ1) is 16.2. The SMILES string of the molecule is N#Cc1ccc(OCC(=O)NCc2nncn2-c2ccccc2)cc1. The van der Waals surface area contributed by atoms with Gasteiger partial charge >= 0.3 is 0 Å². The maximum Gasteiger partial charge on any atom is 0.258 e. The zero-order valence-corrected chi connectivity index (χ0v) is 13.3. The van der Waals surface area contributed by atoms with Gasteiger partial charge in [0.05, 0.1) is 18.2 Å². The third-order valence-electron chi connectivity index (χ3n) is 3.45. The van der Waals surface area contributed by atoms with Crippen molar-refractivity contribution in [3.05, 3.63) is 72.3 Å². The molecule has 1 N–H and O–H groups in total. The summed E-state index contributed by atoms with van der Waals surface area (Å²) in [6.45, 7) is 0.121. The van der Waals surface area contributed by atoms with Gasteiger partial charge in [-0.25, -0.2) is 0 Å². The van der Waals surface area contributed by atoms with E-state index in [0.29, 0.717) is 17.1 Å². The van der Waals surface area contributed by atoms with Crippen LogP contribution in [0.15, 0.2) is 60.9 Å². The van der Waals surface area contributed by atoms with E-state index in [1.807, 2.05) is 41.0 Å². The monoisotopic (exact) mass is 333 g/mol. The number of hydrogen-bond donors (Lipinski definition) is 1. The number of amides is 1. The van der Waals surface area contributed by atoms with Crippen LogP contribution in [0.4, 0.5) is 0 Å². The number of nitrogens with zero attached hydrogens (tertiary/aromatic N) is 4. The summed E-state index contributed by atoms with van der Waals surface area (Å²) in [5.74, 6) is 0.881. The molecule has 0 saturated heterocycles. The van der Waals surface area contributed by atoms with Crippen LogP contribution in [0, 0.1) is 11.3 Å². The van der Waals surface area contributed by atoms with E-state index < -0.39 is 0 Å². The van der Waals surface area contributed by atoms with Crippen LogP contribution in [0.1, 0.15) is 11.4 Å². The summed E-state index contributed by atoms with van der Waals surface area (Å²) in [4.78, 5) is 11.9. The number of nitrogens with one attached hydrogen (secondary N) is 1. The predicted molar refractivity (Wildman–Crippen MR) is 89.9 cm³/mol. The van der Waals surface area contributed by atoms with Crippen molar-refractivity contribution in [2.24, 2.45) is 0 Å². The second-order valence-electron chi connectivity index (χ2n) is 5.15. The number of carbonyl (C=O) groups excluding carboxylic acids is 1. The molecule has 7 nitrogen and oxygen atoms in total. The van der Waals surface area contributed by atoms with Gasteiger partial charge < -0.3 is 10.1 Å². The minimum Gasteiger partial charge on any atom is -0.484 e. The number of rotatable bonds is 6. The molecule has 1 aromatic heterocycles. The van der Waals surface area contributed by atoms with Crippen molar-refractivity contribution in [1.29, 1.82) is 5.26 Å². The standard InChI is InChI=1S/C18H15N5O2/c19-10-14-6-8-16(9-7-14)25-12-18(24)20-11-17-22-21-13-23(17)15-4-2-1-3-5-15/h1-9,13H,11-12H2,(H,20,24). The number of ether oxygens (including phenoxy) is 1. The van der Waals surface area contributed by atoms with E-state index in [0.717, 1.165) is 5.69 Å². The summed E-state index contributed by atoms with van der Waals surface area (Å²) >= 11 is 0. The van der Waals surface area contributed by atoms with Gasteiger partial charge in [0, 0.05) is 5.69 Å². The molecule has 3 aromatic rings. The molecule has 0 aliphatic carbocycles. The highest BCUT2D eigenvalue weighted by molar-refractivity contribution is 5.77. The topological polar surface area (TPSA) is 92.8 Å². The molecule has 0 radical (unpaired) electrons. The van der Waals surface area contributed by atoms with Crippen molar-refractivity contribution in [3.63, 3.8) is 0 Å². The van der Waals surface area contributed by atoms with E-state index in [1.54, 1.807) is 30.6 Å². The first-order chi connectivity index (χ1) is 12.3. The number of benzene rings is 2. The first-order valence-corrected chi connectivity index (χ1v) is 7.60. The summed E-state index contributed by atoms with van der Waals surface area (Å²) in [7, 11) is 0. The molecule has 0 bridgehead atoms. The summed E-state index contributed by atoms with van der Waals surface area (Å²) in [6, 6.07) is 18.2. The van der Waals surface area contributed by atoms with Crippen molar-refractivity contribution in [3.8, 4) is 17.5 Å². The Kier molecular flexibility index (Phi) is 5.02.